The Hall–Kier alpha value is -0.980. The highest BCUT2D eigenvalue weighted by atomic mass is 32.1. The molecule has 1 aromatic heterocycles. The molecule has 2 rings (SSSR count). The molecule has 1 saturated heterocycles. The molecule has 130 valence electrons. The molecule has 0 radical (unpaired) electrons. The Balaban J connectivity index is 1.86. The summed E-state index contributed by atoms with van der Waals surface area (Å²) < 4.78 is 5.11. The molecule has 0 aromatic carbocycles. The van der Waals surface area contributed by atoms with Gasteiger partial charge in [-0.25, -0.2) is 4.98 Å². The Morgan fingerprint density at radius 2 is 2.35 bits per heavy atom. The molecule has 1 amide bonds. The van der Waals surface area contributed by atoms with E-state index < -0.39 is 0 Å². The van der Waals surface area contributed by atoms with Gasteiger partial charge in [-0.2, -0.15) is 0 Å². The molecule has 1 N–H and O–H groups in total. The summed E-state index contributed by atoms with van der Waals surface area (Å²) in [7, 11) is 1.69. The second-order valence-electron chi connectivity index (χ2n) is 6.55. The van der Waals surface area contributed by atoms with Gasteiger partial charge in [0.2, 0.25) is 5.91 Å². The fourth-order valence-corrected chi connectivity index (χ4v) is 3.90. The minimum absolute atomic E-state index is 0.0891. The molecule has 0 bridgehead atoms. The first-order valence-corrected chi connectivity index (χ1v) is 9.37. The number of thiazole rings is 1. The van der Waals surface area contributed by atoms with Gasteiger partial charge in [-0.05, 0) is 12.3 Å². The van der Waals surface area contributed by atoms with E-state index >= 15 is 0 Å². The highest BCUT2D eigenvalue weighted by Crippen LogP contribution is 2.22. The van der Waals surface area contributed by atoms with Crippen molar-refractivity contribution in [3.05, 3.63) is 16.1 Å². The fourth-order valence-electron chi connectivity index (χ4n) is 3.14. The van der Waals surface area contributed by atoms with Crippen molar-refractivity contribution >= 4 is 17.2 Å². The molecule has 2 heterocycles. The molecule has 0 saturated carbocycles. The van der Waals surface area contributed by atoms with Crippen LogP contribution in [0, 0.1) is 11.8 Å². The van der Waals surface area contributed by atoms with Crippen LogP contribution in [0.15, 0.2) is 5.38 Å². The number of amides is 1. The van der Waals surface area contributed by atoms with Gasteiger partial charge < -0.3 is 15.0 Å². The monoisotopic (exact) mass is 339 g/mol. The van der Waals surface area contributed by atoms with Crippen LogP contribution >= 0.6 is 11.3 Å². The molecule has 1 fully saturated rings. The summed E-state index contributed by atoms with van der Waals surface area (Å²) in [5.74, 6) is 0.889. The highest BCUT2D eigenvalue weighted by Gasteiger charge is 2.30. The van der Waals surface area contributed by atoms with Crippen molar-refractivity contribution in [2.45, 2.75) is 52.8 Å². The maximum atomic E-state index is 12.2. The summed E-state index contributed by atoms with van der Waals surface area (Å²) in [4.78, 5) is 18.8. The Morgan fingerprint density at radius 3 is 3.00 bits per heavy atom. The smallest absolute Gasteiger partial charge is 0.225 e. The van der Waals surface area contributed by atoms with Crippen molar-refractivity contribution in [2.24, 2.45) is 11.8 Å². The SMILES string of the molecule is CCC1CN(C(=O)C(C)C)CCC1NCc1csc(COC)n1. The molecule has 0 spiro atoms. The van der Waals surface area contributed by atoms with Crippen molar-refractivity contribution in [1.29, 1.82) is 0 Å². The molecule has 2 unspecified atom stereocenters. The number of carbonyl (C=O) groups excluding carboxylic acids is 1. The minimum atomic E-state index is 0.0891. The van der Waals surface area contributed by atoms with Crippen LogP contribution in [-0.4, -0.2) is 42.0 Å². The summed E-state index contributed by atoms with van der Waals surface area (Å²) in [5.41, 5.74) is 1.08. The zero-order chi connectivity index (χ0) is 16.8. The standard InChI is InChI=1S/C17H29N3O2S/c1-5-13-9-20(17(21)12(2)3)7-6-15(13)18-8-14-11-23-16(19-14)10-22-4/h11-13,15,18H,5-10H2,1-4H3. The lowest BCUT2D eigenvalue weighted by molar-refractivity contribution is -0.136. The molecule has 1 aliphatic rings. The summed E-state index contributed by atoms with van der Waals surface area (Å²) >= 11 is 1.65. The molecular formula is C17H29N3O2S. The Labute approximate surface area is 143 Å². The normalized spacial score (nSPS) is 21.9. The summed E-state index contributed by atoms with van der Waals surface area (Å²) in [6.07, 6.45) is 2.11. The van der Waals surface area contributed by atoms with Gasteiger partial charge in [0.1, 0.15) is 5.01 Å². The average molecular weight is 340 g/mol. The van der Waals surface area contributed by atoms with Gasteiger partial charge in [0.25, 0.3) is 0 Å². The molecule has 5 nitrogen and oxygen atoms in total. The maximum Gasteiger partial charge on any atom is 0.225 e. The minimum Gasteiger partial charge on any atom is -0.378 e. The van der Waals surface area contributed by atoms with E-state index in [2.05, 4.69) is 22.6 Å². The van der Waals surface area contributed by atoms with Crippen molar-refractivity contribution in [1.82, 2.24) is 15.2 Å². The van der Waals surface area contributed by atoms with E-state index in [-0.39, 0.29) is 11.8 Å². The third kappa shape index (κ3) is 4.99. The fraction of sp³-hybridized carbons (Fsp3) is 0.765. The van der Waals surface area contributed by atoms with E-state index in [9.17, 15) is 4.79 Å². The van der Waals surface area contributed by atoms with Gasteiger partial charge in [-0.15, -0.1) is 11.3 Å². The van der Waals surface area contributed by atoms with E-state index in [1.165, 1.54) is 0 Å². The van der Waals surface area contributed by atoms with Crippen LogP contribution in [0.4, 0.5) is 0 Å². The van der Waals surface area contributed by atoms with Crippen LogP contribution in [0.2, 0.25) is 0 Å². The van der Waals surface area contributed by atoms with Crippen LogP contribution in [0.1, 0.15) is 44.3 Å². The number of ether oxygens (including phenoxy) is 1. The quantitative estimate of drug-likeness (QED) is 0.830. The van der Waals surface area contributed by atoms with Crippen LogP contribution in [-0.2, 0) is 22.7 Å². The maximum absolute atomic E-state index is 12.2. The highest BCUT2D eigenvalue weighted by molar-refractivity contribution is 7.09. The number of likely N-dealkylation sites (tertiary alicyclic amines) is 1. The van der Waals surface area contributed by atoms with E-state index in [4.69, 9.17) is 4.74 Å². The second-order valence-corrected chi connectivity index (χ2v) is 7.49. The number of hydrogen-bond acceptors (Lipinski definition) is 5. The Kier molecular flexibility index (Phi) is 6.99. The van der Waals surface area contributed by atoms with E-state index in [1.807, 2.05) is 18.7 Å². The van der Waals surface area contributed by atoms with Crippen LogP contribution in [0.5, 0.6) is 0 Å². The number of rotatable bonds is 7. The predicted octanol–water partition coefficient (Wildman–Crippen LogP) is 2.66. The van der Waals surface area contributed by atoms with Gasteiger partial charge in [-0.3, -0.25) is 4.79 Å². The molecule has 23 heavy (non-hydrogen) atoms. The summed E-state index contributed by atoms with van der Waals surface area (Å²) in [6.45, 7) is 9.27. The summed E-state index contributed by atoms with van der Waals surface area (Å²) in [5, 5.41) is 6.77. The number of carbonyl (C=O) groups is 1. The van der Waals surface area contributed by atoms with Gasteiger partial charge in [0.15, 0.2) is 0 Å². The van der Waals surface area contributed by atoms with Crippen molar-refractivity contribution in [3.8, 4) is 0 Å². The number of aromatic nitrogens is 1. The van der Waals surface area contributed by atoms with Gasteiger partial charge >= 0.3 is 0 Å². The zero-order valence-corrected chi connectivity index (χ0v) is 15.5. The van der Waals surface area contributed by atoms with E-state index in [0.717, 1.165) is 43.2 Å². The Bertz CT molecular complexity index is 504. The predicted molar refractivity (Wildman–Crippen MR) is 93.3 cm³/mol. The molecule has 2 atom stereocenters. The lowest BCUT2D eigenvalue weighted by atomic mass is 9.89. The number of piperidine rings is 1. The van der Waals surface area contributed by atoms with Crippen LogP contribution in [0.25, 0.3) is 0 Å². The number of nitrogens with one attached hydrogen (secondary N) is 1. The second kappa shape index (κ2) is 8.76. The first kappa shape index (κ1) is 18.4. The topological polar surface area (TPSA) is 54.5 Å². The number of hydrogen-bond donors (Lipinski definition) is 1. The van der Waals surface area contributed by atoms with E-state index in [0.29, 0.717) is 18.6 Å². The summed E-state index contributed by atoms with van der Waals surface area (Å²) in [6, 6.07) is 0.462. The van der Waals surface area contributed by atoms with Crippen LogP contribution < -0.4 is 5.32 Å². The van der Waals surface area contributed by atoms with Crippen molar-refractivity contribution in [2.75, 3.05) is 20.2 Å². The molecular weight excluding hydrogens is 310 g/mol. The first-order chi connectivity index (χ1) is 11.0. The molecule has 1 aliphatic heterocycles. The molecule has 6 heteroatoms. The van der Waals surface area contributed by atoms with Crippen molar-refractivity contribution < 1.29 is 9.53 Å². The molecule has 0 aliphatic carbocycles. The number of nitrogens with zero attached hydrogens (tertiary/aromatic N) is 2. The average Bonchev–Trinajstić information content (AvgIpc) is 3.00. The zero-order valence-electron chi connectivity index (χ0n) is 14.7. The first-order valence-electron chi connectivity index (χ1n) is 8.49. The lowest BCUT2D eigenvalue weighted by Crippen LogP contribution is -2.51. The van der Waals surface area contributed by atoms with E-state index in [1.54, 1.807) is 18.4 Å². The third-order valence-corrected chi connectivity index (χ3v) is 5.35. The van der Waals surface area contributed by atoms with Crippen LogP contribution in [0.3, 0.4) is 0 Å². The third-order valence-electron chi connectivity index (χ3n) is 4.48. The van der Waals surface area contributed by atoms with Crippen molar-refractivity contribution in [3.63, 3.8) is 0 Å². The van der Waals surface area contributed by atoms with Gasteiger partial charge in [-0.1, -0.05) is 27.2 Å². The van der Waals surface area contributed by atoms with Gasteiger partial charge in [0, 0.05) is 44.1 Å². The largest absolute Gasteiger partial charge is 0.378 e. The van der Waals surface area contributed by atoms with Gasteiger partial charge in [0.05, 0.1) is 12.3 Å². The lowest BCUT2D eigenvalue weighted by Gasteiger charge is -2.39. The molecule has 1 aromatic rings. The number of methoxy groups -OCH3 is 1. The Morgan fingerprint density at radius 1 is 1.57 bits per heavy atom.